The van der Waals surface area contributed by atoms with Gasteiger partial charge in [0.15, 0.2) is 16.4 Å². The molecule has 33 heavy (non-hydrogen) atoms. The summed E-state index contributed by atoms with van der Waals surface area (Å²) in [7, 11) is -3.11. The minimum absolute atomic E-state index is 0.0133. The summed E-state index contributed by atoms with van der Waals surface area (Å²) in [5.41, 5.74) is 3.32. The van der Waals surface area contributed by atoms with Gasteiger partial charge < -0.3 is 14.5 Å². The number of nitrogens with zero attached hydrogens (tertiary/aromatic N) is 2. The van der Waals surface area contributed by atoms with Gasteiger partial charge in [-0.1, -0.05) is 38.1 Å². The van der Waals surface area contributed by atoms with E-state index in [-0.39, 0.29) is 30.1 Å². The molecule has 2 aromatic rings. The van der Waals surface area contributed by atoms with Gasteiger partial charge >= 0.3 is 0 Å². The highest BCUT2D eigenvalue weighted by molar-refractivity contribution is 7.91. The van der Waals surface area contributed by atoms with E-state index >= 15 is 0 Å². The Hall–Kier alpha value is -2.54. The maximum atomic E-state index is 13.2. The van der Waals surface area contributed by atoms with Gasteiger partial charge in [0.25, 0.3) is 5.91 Å². The van der Waals surface area contributed by atoms with Crippen molar-refractivity contribution in [3.8, 4) is 5.75 Å². The first-order valence-electron chi connectivity index (χ1n) is 11.8. The fraction of sp³-hybridized carbons (Fsp3) is 0.500. The molecule has 2 aromatic carbocycles. The van der Waals surface area contributed by atoms with E-state index in [0.29, 0.717) is 24.6 Å². The molecule has 1 amide bonds. The molecule has 3 rings (SSSR count). The Kier molecular flexibility index (Phi) is 8.40. The van der Waals surface area contributed by atoms with Crippen LogP contribution in [0, 0.1) is 0 Å². The summed E-state index contributed by atoms with van der Waals surface area (Å²) in [6.45, 7) is 10.6. The average molecular weight is 473 g/mol. The van der Waals surface area contributed by atoms with E-state index < -0.39 is 9.84 Å². The van der Waals surface area contributed by atoms with Crippen LogP contribution in [-0.4, -0.2) is 56.5 Å². The molecule has 1 fully saturated rings. The Bertz CT molecular complexity index is 1010. The van der Waals surface area contributed by atoms with Gasteiger partial charge in [-0.3, -0.25) is 4.79 Å². The lowest BCUT2D eigenvalue weighted by atomic mass is 10.0. The van der Waals surface area contributed by atoms with Crippen molar-refractivity contribution in [2.24, 2.45) is 0 Å². The highest BCUT2D eigenvalue weighted by Gasteiger charge is 2.34. The maximum absolute atomic E-state index is 13.2. The third-order valence-corrected chi connectivity index (χ3v) is 8.05. The zero-order valence-electron chi connectivity index (χ0n) is 20.2. The number of sulfone groups is 1. The van der Waals surface area contributed by atoms with E-state index in [1.165, 1.54) is 5.56 Å². The molecule has 1 unspecified atom stereocenters. The summed E-state index contributed by atoms with van der Waals surface area (Å²) < 4.78 is 30.0. The van der Waals surface area contributed by atoms with Crippen LogP contribution in [0.25, 0.3) is 0 Å². The average Bonchev–Trinajstić information content (AvgIpc) is 3.17. The van der Waals surface area contributed by atoms with E-state index in [2.05, 4.69) is 44.7 Å². The van der Waals surface area contributed by atoms with Gasteiger partial charge in [0.1, 0.15) is 5.75 Å². The molecule has 1 saturated heterocycles. The fourth-order valence-corrected chi connectivity index (χ4v) is 5.95. The second-order valence-electron chi connectivity index (χ2n) is 8.93. The van der Waals surface area contributed by atoms with Gasteiger partial charge in [0.05, 0.1) is 11.5 Å². The van der Waals surface area contributed by atoms with Crippen LogP contribution >= 0.6 is 0 Å². The lowest BCUT2D eigenvalue weighted by molar-refractivity contribution is -0.136. The summed E-state index contributed by atoms with van der Waals surface area (Å²) >= 11 is 0. The number of hydrogen-bond acceptors (Lipinski definition) is 5. The second kappa shape index (κ2) is 11.1. The summed E-state index contributed by atoms with van der Waals surface area (Å²) in [6.07, 6.45) is 0.467. The topological polar surface area (TPSA) is 66.9 Å². The van der Waals surface area contributed by atoms with Crippen molar-refractivity contribution in [3.05, 3.63) is 59.7 Å². The Labute approximate surface area is 198 Å². The van der Waals surface area contributed by atoms with Crippen LogP contribution in [0.5, 0.6) is 5.75 Å². The maximum Gasteiger partial charge on any atom is 0.261 e. The summed E-state index contributed by atoms with van der Waals surface area (Å²) in [5, 5.41) is 0. The van der Waals surface area contributed by atoms with Crippen molar-refractivity contribution in [3.63, 3.8) is 0 Å². The lowest BCUT2D eigenvalue weighted by Crippen LogP contribution is -2.43. The van der Waals surface area contributed by atoms with Crippen LogP contribution in [0.1, 0.15) is 51.2 Å². The van der Waals surface area contributed by atoms with Crippen LogP contribution < -0.4 is 9.64 Å². The first-order valence-corrected chi connectivity index (χ1v) is 13.6. The molecule has 0 saturated carbocycles. The Morgan fingerprint density at radius 1 is 1.03 bits per heavy atom. The molecule has 0 radical (unpaired) electrons. The largest absolute Gasteiger partial charge is 0.484 e. The predicted octanol–water partition coefficient (Wildman–Crippen LogP) is 4.25. The van der Waals surface area contributed by atoms with Crippen LogP contribution in [0.15, 0.2) is 48.5 Å². The van der Waals surface area contributed by atoms with Gasteiger partial charge in [-0.2, -0.15) is 0 Å². The third kappa shape index (κ3) is 6.73. The van der Waals surface area contributed by atoms with Crippen LogP contribution in [0.4, 0.5) is 5.69 Å². The fourth-order valence-electron chi connectivity index (χ4n) is 4.22. The van der Waals surface area contributed by atoms with Crippen molar-refractivity contribution in [1.29, 1.82) is 0 Å². The lowest BCUT2D eigenvalue weighted by Gasteiger charge is -2.29. The van der Waals surface area contributed by atoms with Crippen molar-refractivity contribution < 1.29 is 17.9 Å². The molecule has 1 heterocycles. The monoisotopic (exact) mass is 472 g/mol. The van der Waals surface area contributed by atoms with Gasteiger partial charge in [-0.25, -0.2) is 8.42 Å². The van der Waals surface area contributed by atoms with Crippen LogP contribution in [-0.2, 0) is 21.2 Å². The number of hydrogen-bond donors (Lipinski definition) is 0. The first kappa shape index (κ1) is 25.1. The van der Waals surface area contributed by atoms with Gasteiger partial charge in [0, 0.05) is 31.4 Å². The number of ether oxygens (including phenoxy) is 1. The SMILES string of the molecule is CCN(CC)c1ccc(CN(C(=O)COc2ccc(C(C)C)cc2)C2CCS(=O)(=O)C2)cc1. The molecule has 0 aromatic heterocycles. The molecule has 0 spiro atoms. The van der Waals surface area contributed by atoms with Gasteiger partial charge in [-0.15, -0.1) is 0 Å². The van der Waals surface area contributed by atoms with E-state index in [1.807, 2.05) is 36.4 Å². The highest BCUT2D eigenvalue weighted by atomic mass is 32.2. The molecule has 0 N–H and O–H groups in total. The molecule has 0 bridgehead atoms. The van der Waals surface area contributed by atoms with Crippen molar-refractivity contribution in [2.75, 3.05) is 36.1 Å². The number of anilines is 1. The molecule has 7 heteroatoms. The smallest absolute Gasteiger partial charge is 0.261 e. The molecular formula is C26H36N2O4S. The molecule has 1 atom stereocenters. The number of carbonyl (C=O) groups is 1. The molecule has 1 aliphatic rings. The van der Waals surface area contributed by atoms with E-state index in [4.69, 9.17) is 4.74 Å². The van der Waals surface area contributed by atoms with Crippen molar-refractivity contribution in [2.45, 2.75) is 52.6 Å². The van der Waals surface area contributed by atoms with Gasteiger partial charge in [0.2, 0.25) is 0 Å². The Morgan fingerprint density at radius 2 is 1.67 bits per heavy atom. The third-order valence-electron chi connectivity index (χ3n) is 6.30. The summed E-state index contributed by atoms with van der Waals surface area (Å²) in [4.78, 5) is 17.1. The number of rotatable bonds is 10. The van der Waals surface area contributed by atoms with Crippen molar-refractivity contribution in [1.82, 2.24) is 4.90 Å². The zero-order valence-corrected chi connectivity index (χ0v) is 21.0. The minimum Gasteiger partial charge on any atom is -0.484 e. The van der Waals surface area contributed by atoms with Gasteiger partial charge in [-0.05, 0) is 61.6 Å². The van der Waals surface area contributed by atoms with Crippen molar-refractivity contribution >= 4 is 21.4 Å². The van der Waals surface area contributed by atoms with Crippen LogP contribution in [0.3, 0.4) is 0 Å². The number of amides is 1. The predicted molar refractivity (Wildman–Crippen MR) is 134 cm³/mol. The normalized spacial score (nSPS) is 17.2. The summed E-state index contributed by atoms with van der Waals surface area (Å²) in [5.74, 6) is 1.00. The number of carbonyl (C=O) groups excluding carboxylic acids is 1. The quantitative estimate of drug-likeness (QED) is 0.517. The van der Waals surface area contributed by atoms with E-state index in [9.17, 15) is 13.2 Å². The van der Waals surface area contributed by atoms with Crippen LogP contribution in [0.2, 0.25) is 0 Å². The first-order chi connectivity index (χ1) is 15.7. The molecule has 6 nitrogen and oxygen atoms in total. The standard InChI is InChI=1S/C26H36N2O4S/c1-5-27(6-2)23-11-7-21(8-12-23)17-28(24-15-16-33(30,31)19-24)26(29)18-32-25-13-9-22(10-14-25)20(3)4/h7-14,20,24H,5-6,15-19H2,1-4H3. The summed E-state index contributed by atoms with van der Waals surface area (Å²) in [6, 6.07) is 15.6. The Balaban J connectivity index is 1.71. The van der Waals surface area contributed by atoms with E-state index in [1.54, 1.807) is 4.90 Å². The molecule has 0 aliphatic carbocycles. The second-order valence-corrected chi connectivity index (χ2v) is 11.2. The van der Waals surface area contributed by atoms with E-state index in [0.717, 1.165) is 24.3 Å². The number of benzene rings is 2. The molecule has 180 valence electrons. The molecule has 1 aliphatic heterocycles. The molecular weight excluding hydrogens is 436 g/mol. The zero-order chi connectivity index (χ0) is 24.0. The highest BCUT2D eigenvalue weighted by Crippen LogP contribution is 2.23. The Morgan fingerprint density at radius 3 is 2.18 bits per heavy atom. The minimum atomic E-state index is -3.11.